The molecule has 0 fully saturated rings. The zero-order chi connectivity index (χ0) is 15.6. The van der Waals surface area contributed by atoms with Crippen LogP contribution >= 0.6 is 15.9 Å². The molecule has 0 N–H and O–H groups in total. The van der Waals surface area contributed by atoms with Gasteiger partial charge in [0.2, 0.25) is 0 Å². The number of aldehydes is 1. The van der Waals surface area contributed by atoms with Crippen LogP contribution in [0.4, 0.5) is 5.69 Å². The number of benzene rings is 1. The van der Waals surface area contributed by atoms with Gasteiger partial charge in [0.05, 0.1) is 26.5 Å². The molecule has 21 heavy (non-hydrogen) atoms. The summed E-state index contributed by atoms with van der Waals surface area (Å²) in [4.78, 5) is 21.5. The number of rotatable bonds is 5. The van der Waals surface area contributed by atoms with Gasteiger partial charge in [0.25, 0.3) is 5.69 Å². The average Bonchev–Trinajstić information content (AvgIpc) is 2.82. The summed E-state index contributed by atoms with van der Waals surface area (Å²) in [5, 5.41) is 15.3. The number of nitro groups is 1. The molecule has 0 saturated heterocycles. The topological polar surface area (TPSA) is 78.0 Å². The van der Waals surface area contributed by atoms with Crippen LogP contribution in [0.25, 0.3) is 5.69 Å². The van der Waals surface area contributed by atoms with Crippen molar-refractivity contribution < 1.29 is 9.72 Å². The number of aromatic nitrogens is 2. The number of non-ortho nitro benzene ring substituents is 1. The number of carbonyl (C=O) groups is 1. The van der Waals surface area contributed by atoms with E-state index in [1.165, 1.54) is 12.1 Å². The third-order valence-electron chi connectivity index (χ3n) is 3.23. The van der Waals surface area contributed by atoms with E-state index in [1.807, 2.05) is 13.8 Å². The largest absolute Gasteiger partial charge is 0.298 e. The number of aryl methyl sites for hydroxylation is 1. The van der Waals surface area contributed by atoms with Gasteiger partial charge in [-0.05, 0) is 34.8 Å². The van der Waals surface area contributed by atoms with Crippen LogP contribution < -0.4 is 0 Å². The van der Waals surface area contributed by atoms with Gasteiger partial charge in [-0.2, -0.15) is 5.10 Å². The van der Waals surface area contributed by atoms with E-state index in [4.69, 9.17) is 0 Å². The van der Waals surface area contributed by atoms with Crippen LogP contribution in [-0.4, -0.2) is 21.0 Å². The van der Waals surface area contributed by atoms with Gasteiger partial charge in [-0.1, -0.05) is 13.8 Å². The molecule has 1 heterocycles. The fourth-order valence-electron chi connectivity index (χ4n) is 2.16. The monoisotopic (exact) mass is 351 g/mol. The number of carbonyl (C=O) groups excluding carboxylic acids is 1. The van der Waals surface area contributed by atoms with Gasteiger partial charge >= 0.3 is 0 Å². The van der Waals surface area contributed by atoms with E-state index in [9.17, 15) is 14.9 Å². The molecular formula is C14H14BrN3O3. The van der Waals surface area contributed by atoms with Gasteiger partial charge in [-0.3, -0.25) is 14.9 Å². The molecule has 0 saturated carbocycles. The Hall–Kier alpha value is -2.02. The molecule has 1 aromatic carbocycles. The summed E-state index contributed by atoms with van der Waals surface area (Å²) in [6.07, 6.45) is 2.09. The molecule has 0 spiro atoms. The first-order valence-electron chi connectivity index (χ1n) is 6.53. The Labute approximate surface area is 130 Å². The van der Waals surface area contributed by atoms with Crippen molar-refractivity contribution in [3.63, 3.8) is 0 Å². The fraction of sp³-hybridized carbons (Fsp3) is 0.286. The molecule has 0 unspecified atom stereocenters. The fourth-order valence-corrected chi connectivity index (χ4v) is 2.97. The van der Waals surface area contributed by atoms with Crippen molar-refractivity contribution in [3.8, 4) is 5.69 Å². The van der Waals surface area contributed by atoms with Crippen LogP contribution in [0.15, 0.2) is 22.7 Å². The zero-order valence-electron chi connectivity index (χ0n) is 11.7. The maximum absolute atomic E-state index is 11.3. The normalized spacial score (nSPS) is 10.6. The second-order valence-electron chi connectivity index (χ2n) is 4.44. The van der Waals surface area contributed by atoms with E-state index in [-0.39, 0.29) is 11.3 Å². The molecule has 0 radical (unpaired) electrons. The lowest BCUT2D eigenvalue weighted by Crippen LogP contribution is -2.06. The highest BCUT2D eigenvalue weighted by Gasteiger charge is 2.18. The standard InChI is InChI=1S/C14H14BrN3O3/c1-3-11-14(15)12(4-2)17(16-11)13-6-5-10(18(20)21)7-9(13)8-19/h5-8H,3-4H2,1-2H3. The number of halogens is 1. The molecule has 0 aliphatic carbocycles. The molecule has 2 aromatic rings. The Kier molecular flexibility index (Phi) is 4.52. The van der Waals surface area contributed by atoms with E-state index in [0.717, 1.165) is 28.7 Å². The van der Waals surface area contributed by atoms with Crippen molar-refractivity contribution in [2.75, 3.05) is 0 Å². The Bertz CT molecular complexity index is 710. The highest BCUT2D eigenvalue weighted by molar-refractivity contribution is 9.10. The summed E-state index contributed by atoms with van der Waals surface area (Å²) in [7, 11) is 0. The second kappa shape index (κ2) is 6.17. The van der Waals surface area contributed by atoms with Crippen LogP contribution in [0.3, 0.4) is 0 Å². The number of nitro benzene ring substituents is 1. The van der Waals surface area contributed by atoms with Crippen molar-refractivity contribution in [1.29, 1.82) is 0 Å². The van der Waals surface area contributed by atoms with Crippen molar-refractivity contribution in [1.82, 2.24) is 9.78 Å². The highest BCUT2D eigenvalue weighted by Crippen LogP contribution is 2.28. The molecule has 110 valence electrons. The number of nitrogens with zero attached hydrogens (tertiary/aromatic N) is 3. The lowest BCUT2D eigenvalue weighted by Gasteiger charge is -2.08. The van der Waals surface area contributed by atoms with Crippen molar-refractivity contribution in [3.05, 3.63) is 49.7 Å². The quantitative estimate of drug-likeness (QED) is 0.469. The molecule has 0 atom stereocenters. The lowest BCUT2D eigenvalue weighted by atomic mass is 10.1. The number of hydrogen-bond donors (Lipinski definition) is 0. The predicted octanol–water partition coefficient (Wildman–Crippen LogP) is 3.48. The SMILES string of the molecule is CCc1nn(-c2ccc([N+](=O)[O-])cc2C=O)c(CC)c1Br. The van der Waals surface area contributed by atoms with Crippen LogP contribution in [0.5, 0.6) is 0 Å². The van der Waals surface area contributed by atoms with E-state index in [1.54, 1.807) is 10.7 Å². The third-order valence-corrected chi connectivity index (χ3v) is 4.15. The van der Waals surface area contributed by atoms with E-state index >= 15 is 0 Å². The maximum Gasteiger partial charge on any atom is 0.270 e. The highest BCUT2D eigenvalue weighted by atomic mass is 79.9. The first-order valence-corrected chi connectivity index (χ1v) is 7.33. The molecule has 1 aromatic heterocycles. The molecule has 0 amide bonds. The average molecular weight is 352 g/mol. The summed E-state index contributed by atoms with van der Waals surface area (Å²) < 4.78 is 2.60. The van der Waals surface area contributed by atoms with Gasteiger partial charge in [0, 0.05) is 17.7 Å². The Morgan fingerprint density at radius 3 is 2.62 bits per heavy atom. The smallest absolute Gasteiger partial charge is 0.270 e. The van der Waals surface area contributed by atoms with Gasteiger partial charge in [-0.15, -0.1) is 0 Å². The minimum atomic E-state index is -0.520. The Balaban J connectivity index is 2.66. The Morgan fingerprint density at radius 1 is 1.38 bits per heavy atom. The first-order chi connectivity index (χ1) is 10.0. The van der Waals surface area contributed by atoms with Gasteiger partial charge in [-0.25, -0.2) is 4.68 Å². The third kappa shape index (κ3) is 2.73. The molecule has 6 nitrogen and oxygen atoms in total. The lowest BCUT2D eigenvalue weighted by molar-refractivity contribution is -0.384. The maximum atomic E-state index is 11.3. The van der Waals surface area contributed by atoms with Gasteiger partial charge < -0.3 is 0 Å². The molecular weight excluding hydrogens is 338 g/mol. The van der Waals surface area contributed by atoms with Crippen molar-refractivity contribution in [2.45, 2.75) is 26.7 Å². The van der Waals surface area contributed by atoms with E-state index < -0.39 is 4.92 Å². The molecule has 0 aliphatic heterocycles. The minimum Gasteiger partial charge on any atom is -0.298 e. The predicted molar refractivity (Wildman–Crippen MR) is 82.1 cm³/mol. The summed E-state index contributed by atoms with van der Waals surface area (Å²) in [5.74, 6) is 0. The number of hydrogen-bond acceptors (Lipinski definition) is 4. The second-order valence-corrected chi connectivity index (χ2v) is 5.24. The molecule has 2 rings (SSSR count). The molecule has 0 bridgehead atoms. The minimum absolute atomic E-state index is 0.110. The van der Waals surface area contributed by atoms with E-state index in [0.29, 0.717) is 12.0 Å². The van der Waals surface area contributed by atoms with Crippen LogP contribution in [-0.2, 0) is 12.8 Å². The summed E-state index contributed by atoms with van der Waals surface area (Å²) >= 11 is 3.52. The molecule has 7 heteroatoms. The van der Waals surface area contributed by atoms with E-state index in [2.05, 4.69) is 21.0 Å². The van der Waals surface area contributed by atoms with Crippen molar-refractivity contribution >= 4 is 27.9 Å². The zero-order valence-corrected chi connectivity index (χ0v) is 13.3. The summed E-state index contributed by atoms with van der Waals surface area (Å²) in [6.45, 7) is 3.98. The van der Waals surface area contributed by atoms with Gasteiger partial charge in [0.1, 0.15) is 0 Å². The molecule has 0 aliphatic rings. The Morgan fingerprint density at radius 2 is 2.10 bits per heavy atom. The van der Waals surface area contributed by atoms with Crippen LogP contribution in [0, 0.1) is 10.1 Å². The first kappa shape index (κ1) is 15.4. The van der Waals surface area contributed by atoms with Crippen LogP contribution in [0.2, 0.25) is 0 Å². The summed E-state index contributed by atoms with van der Waals surface area (Å²) in [6, 6.07) is 4.20. The van der Waals surface area contributed by atoms with Gasteiger partial charge in [0.15, 0.2) is 6.29 Å². The van der Waals surface area contributed by atoms with Crippen LogP contribution in [0.1, 0.15) is 35.6 Å². The van der Waals surface area contributed by atoms with Crippen molar-refractivity contribution in [2.24, 2.45) is 0 Å². The summed E-state index contributed by atoms with van der Waals surface area (Å²) in [5.41, 5.74) is 2.51.